The highest BCUT2D eigenvalue weighted by atomic mass is 32.1. The molecule has 5 heteroatoms. The van der Waals surface area contributed by atoms with Crippen LogP contribution in [0.5, 0.6) is 0 Å². The molecule has 1 amide bonds. The van der Waals surface area contributed by atoms with Crippen LogP contribution in [-0.4, -0.2) is 28.4 Å². The Bertz CT molecular complexity index is 528. The predicted octanol–water partition coefficient (Wildman–Crippen LogP) is 3.16. The fraction of sp³-hybridized carbons (Fsp3) is 0.625. The van der Waals surface area contributed by atoms with Crippen LogP contribution in [0.15, 0.2) is 17.5 Å². The smallest absolute Gasteiger partial charge is 0.307 e. The summed E-state index contributed by atoms with van der Waals surface area (Å²) in [4.78, 5) is 27.5. The summed E-state index contributed by atoms with van der Waals surface area (Å²) in [5.74, 6) is -1.27. The molecular weight excluding hydrogens is 286 g/mol. The van der Waals surface area contributed by atoms with E-state index in [2.05, 4.69) is 6.07 Å². The molecule has 3 rings (SSSR count). The van der Waals surface area contributed by atoms with E-state index in [4.69, 9.17) is 0 Å². The SMILES string of the molecule is CC1C[C@H](C(=O)N2CCCC2c2cccs2)[C@H](C(=O)O)C1. The summed E-state index contributed by atoms with van der Waals surface area (Å²) in [6.07, 6.45) is 3.34. The summed E-state index contributed by atoms with van der Waals surface area (Å²) < 4.78 is 0. The van der Waals surface area contributed by atoms with Crippen molar-refractivity contribution in [1.82, 2.24) is 4.90 Å². The van der Waals surface area contributed by atoms with E-state index in [0.717, 1.165) is 19.4 Å². The summed E-state index contributed by atoms with van der Waals surface area (Å²) in [6, 6.07) is 4.24. The average molecular weight is 307 g/mol. The lowest BCUT2D eigenvalue weighted by Gasteiger charge is -2.28. The van der Waals surface area contributed by atoms with Gasteiger partial charge in [-0.25, -0.2) is 0 Å². The number of carboxylic acids is 1. The first-order valence-electron chi connectivity index (χ1n) is 7.64. The second-order valence-electron chi connectivity index (χ2n) is 6.33. The zero-order chi connectivity index (χ0) is 15.0. The van der Waals surface area contributed by atoms with Crippen molar-refractivity contribution in [3.8, 4) is 0 Å². The van der Waals surface area contributed by atoms with Gasteiger partial charge in [-0.2, -0.15) is 0 Å². The molecule has 1 aliphatic heterocycles. The minimum absolute atomic E-state index is 0.0580. The van der Waals surface area contributed by atoms with Crippen LogP contribution in [0.1, 0.15) is 43.5 Å². The van der Waals surface area contributed by atoms with Crippen molar-refractivity contribution in [2.45, 2.75) is 38.6 Å². The average Bonchev–Trinajstić information content (AvgIpc) is 3.17. The largest absolute Gasteiger partial charge is 0.481 e. The van der Waals surface area contributed by atoms with Crippen LogP contribution in [0, 0.1) is 17.8 Å². The molecule has 1 aromatic rings. The van der Waals surface area contributed by atoms with Gasteiger partial charge in [-0.15, -0.1) is 11.3 Å². The minimum atomic E-state index is -0.815. The van der Waals surface area contributed by atoms with Gasteiger partial charge in [-0.3, -0.25) is 9.59 Å². The molecule has 0 aromatic carbocycles. The summed E-state index contributed by atoms with van der Waals surface area (Å²) in [5.41, 5.74) is 0. The van der Waals surface area contributed by atoms with Crippen molar-refractivity contribution < 1.29 is 14.7 Å². The van der Waals surface area contributed by atoms with E-state index in [1.54, 1.807) is 11.3 Å². The topological polar surface area (TPSA) is 57.6 Å². The van der Waals surface area contributed by atoms with Crippen LogP contribution in [-0.2, 0) is 9.59 Å². The third-order valence-electron chi connectivity index (χ3n) is 4.84. The number of nitrogens with zero attached hydrogens (tertiary/aromatic N) is 1. The summed E-state index contributed by atoms with van der Waals surface area (Å²) in [5, 5.41) is 11.4. The Morgan fingerprint density at radius 2 is 2.10 bits per heavy atom. The van der Waals surface area contributed by atoms with E-state index in [1.807, 2.05) is 23.3 Å². The number of hydrogen-bond donors (Lipinski definition) is 1. The maximum atomic E-state index is 12.9. The van der Waals surface area contributed by atoms with Crippen LogP contribution in [0.2, 0.25) is 0 Å². The Morgan fingerprint density at radius 3 is 2.76 bits per heavy atom. The maximum absolute atomic E-state index is 12.9. The molecule has 114 valence electrons. The van der Waals surface area contributed by atoms with E-state index in [1.165, 1.54) is 4.88 Å². The van der Waals surface area contributed by atoms with Gasteiger partial charge in [-0.05, 0) is 43.0 Å². The fourth-order valence-corrected chi connectivity index (χ4v) is 4.73. The number of likely N-dealkylation sites (tertiary alicyclic amines) is 1. The lowest BCUT2D eigenvalue weighted by Crippen LogP contribution is -2.38. The molecule has 0 bridgehead atoms. The molecular formula is C16H21NO3S. The molecule has 2 heterocycles. The van der Waals surface area contributed by atoms with Gasteiger partial charge in [0.05, 0.1) is 17.9 Å². The molecule has 1 N–H and O–H groups in total. The minimum Gasteiger partial charge on any atom is -0.481 e. The van der Waals surface area contributed by atoms with Crippen LogP contribution >= 0.6 is 11.3 Å². The third kappa shape index (κ3) is 2.71. The summed E-state index contributed by atoms with van der Waals surface area (Å²) in [7, 11) is 0. The lowest BCUT2D eigenvalue weighted by molar-refractivity contribution is -0.149. The molecule has 21 heavy (non-hydrogen) atoms. The maximum Gasteiger partial charge on any atom is 0.307 e. The zero-order valence-electron chi connectivity index (χ0n) is 12.2. The van der Waals surface area contributed by atoms with Crippen molar-refractivity contribution in [1.29, 1.82) is 0 Å². The van der Waals surface area contributed by atoms with E-state index < -0.39 is 11.9 Å². The molecule has 0 spiro atoms. The number of thiophene rings is 1. The molecule has 4 atom stereocenters. The normalized spacial score (nSPS) is 32.5. The van der Waals surface area contributed by atoms with Crippen molar-refractivity contribution in [2.75, 3.05) is 6.54 Å². The van der Waals surface area contributed by atoms with Crippen LogP contribution < -0.4 is 0 Å². The number of aliphatic carboxylic acids is 1. The Balaban J connectivity index is 1.79. The summed E-state index contributed by atoms with van der Waals surface area (Å²) >= 11 is 1.68. The third-order valence-corrected chi connectivity index (χ3v) is 5.81. The van der Waals surface area contributed by atoms with Crippen LogP contribution in [0.25, 0.3) is 0 Å². The quantitative estimate of drug-likeness (QED) is 0.933. The first-order chi connectivity index (χ1) is 10.1. The Labute approximate surface area is 128 Å². The van der Waals surface area contributed by atoms with Crippen molar-refractivity contribution in [2.24, 2.45) is 17.8 Å². The van der Waals surface area contributed by atoms with Gasteiger partial charge in [0.2, 0.25) is 5.91 Å². The number of rotatable bonds is 3. The van der Waals surface area contributed by atoms with Crippen molar-refractivity contribution in [3.63, 3.8) is 0 Å². The van der Waals surface area contributed by atoms with Crippen LogP contribution in [0.4, 0.5) is 0 Å². The second-order valence-corrected chi connectivity index (χ2v) is 7.31. The Hall–Kier alpha value is -1.36. The Morgan fingerprint density at radius 1 is 1.33 bits per heavy atom. The monoisotopic (exact) mass is 307 g/mol. The first-order valence-corrected chi connectivity index (χ1v) is 8.52. The molecule has 1 saturated heterocycles. The highest BCUT2D eigenvalue weighted by molar-refractivity contribution is 7.10. The first kappa shape index (κ1) is 14.6. The molecule has 1 aliphatic carbocycles. The van der Waals surface area contributed by atoms with E-state index in [9.17, 15) is 14.7 Å². The standard InChI is InChI=1S/C16H21NO3S/c1-10-8-11(12(9-10)16(19)20)15(18)17-6-2-4-13(17)14-5-3-7-21-14/h3,5,7,10-13H,2,4,6,8-9H2,1H3,(H,19,20)/t10?,11-,12+,13?/m0/s1. The molecule has 2 aliphatic rings. The van der Waals surface area contributed by atoms with Gasteiger partial charge in [0.15, 0.2) is 0 Å². The molecule has 2 unspecified atom stereocenters. The van der Waals surface area contributed by atoms with Crippen molar-refractivity contribution in [3.05, 3.63) is 22.4 Å². The number of hydrogen-bond acceptors (Lipinski definition) is 3. The second kappa shape index (κ2) is 5.79. The van der Waals surface area contributed by atoms with E-state index in [0.29, 0.717) is 18.8 Å². The molecule has 2 fully saturated rings. The van der Waals surface area contributed by atoms with Gasteiger partial charge in [-0.1, -0.05) is 13.0 Å². The van der Waals surface area contributed by atoms with Crippen LogP contribution in [0.3, 0.4) is 0 Å². The fourth-order valence-electron chi connectivity index (χ4n) is 3.86. The van der Waals surface area contributed by atoms with Gasteiger partial charge in [0, 0.05) is 11.4 Å². The highest BCUT2D eigenvalue weighted by Crippen LogP contribution is 2.41. The Kier molecular flexibility index (Phi) is 4.02. The molecule has 1 aromatic heterocycles. The number of carbonyl (C=O) groups excluding carboxylic acids is 1. The van der Waals surface area contributed by atoms with Gasteiger partial charge < -0.3 is 10.0 Å². The summed E-state index contributed by atoms with van der Waals surface area (Å²) in [6.45, 7) is 2.81. The predicted molar refractivity (Wildman–Crippen MR) is 81.0 cm³/mol. The molecule has 4 nitrogen and oxygen atoms in total. The lowest BCUT2D eigenvalue weighted by atomic mass is 9.94. The number of amides is 1. The highest BCUT2D eigenvalue weighted by Gasteiger charge is 2.45. The van der Waals surface area contributed by atoms with E-state index in [-0.39, 0.29) is 17.9 Å². The van der Waals surface area contributed by atoms with Gasteiger partial charge >= 0.3 is 5.97 Å². The molecule has 0 radical (unpaired) electrons. The van der Waals surface area contributed by atoms with Gasteiger partial charge in [0.25, 0.3) is 0 Å². The molecule has 1 saturated carbocycles. The van der Waals surface area contributed by atoms with E-state index >= 15 is 0 Å². The van der Waals surface area contributed by atoms with Crippen molar-refractivity contribution >= 4 is 23.2 Å². The number of carboxylic acid groups (broad SMARTS) is 1. The number of carbonyl (C=O) groups is 2. The van der Waals surface area contributed by atoms with Gasteiger partial charge in [0.1, 0.15) is 0 Å². The zero-order valence-corrected chi connectivity index (χ0v) is 13.0.